The number of nitrogens with zero attached hydrogens (tertiary/aromatic N) is 1. The van der Waals surface area contributed by atoms with Gasteiger partial charge in [-0.15, -0.1) is 0 Å². The maximum absolute atomic E-state index is 12.5. The first-order valence-corrected chi connectivity index (χ1v) is 8.34. The Kier molecular flexibility index (Phi) is 4.32. The molecule has 0 bridgehead atoms. The van der Waals surface area contributed by atoms with Crippen LogP contribution in [0.1, 0.15) is 51.9 Å². The molecule has 1 spiro atoms. The van der Waals surface area contributed by atoms with E-state index in [9.17, 15) is 4.79 Å². The number of ether oxygens (including phenoxy) is 1. The van der Waals surface area contributed by atoms with E-state index in [-0.39, 0.29) is 11.9 Å². The molecule has 1 amide bonds. The summed E-state index contributed by atoms with van der Waals surface area (Å²) in [6.45, 7) is 4.91. The van der Waals surface area contributed by atoms with Gasteiger partial charge in [0.1, 0.15) is 0 Å². The molecule has 0 aromatic heterocycles. The van der Waals surface area contributed by atoms with Gasteiger partial charge in [-0.25, -0.2) is 0 Å². The Morgan fingerprint density at radius 3 is 2.50 bits per heavy atom. The Hall–Kier alpha value is -0.610. The monoisotopic (exact) mass is 280 g/mol. The highest BCUT2D eigenvalue weighted by Crippen LogP contribution is 2.51. The van der Waals surface area contributed by atoms with Crippen LogP contribution in [0, 0.1) is 5.41 Å². The Labute approximate surface area is 122 Å². The number of rotatable bonds is 3. The van der Waals surface area contributed by atoms with Gasteiger partial charge in [-0.1, -0.05) is 19.3 Å². The minimum absolute atomic E-state index is 0.0443. The van der Waals surface area contributed by atoms with E-state index in [1.54, 1.807) is 0 Å². The zero-order valence-electron chi connectivity index (χ0n) is 12.7. The van der Waals surface area contributed by atoms with Crippen molar-refractivity contribution in [2.24, 2.45) is 5.41 Å². The number of carbonyl (C=O) groups excluding carboxylic acids is 1. The van der Waals surface area contributed by atoms with Gasteiger partial charge < -0.3 is 15.0 Å². The van der Waals surface area contributed by atoms with Gasteiger partial charge >= 0.3 is 0 Å². The summed E-state index contributed by atoms with van der Waals surface area (Å²) in [6.07, 6.45) is 9.50. The van der Waals surface area contributed by atoms with Crippen LogP contribution in [0.2, 0.25) is 0 Å². The molecule has 1 aliphatic heterocycles. The molecule has 114 valence electrons. The number of morpholine rings is 1. The van der Waals surface area contributed by atoms with Crippen LogP contribution >= 0.6 is 0 Å². The van der Waals surface area contributed by atoms with Crippen LogP contribution in [0.15, 0.2) is 0 Å². The molecular formula is C16H28N2O2. The number of nitrogens with one attached hydrogen (secondary N) is 1. The van der Waals surface area contributed by atoms with Crippen molar-refractivity contribution in [1.82, 2.24) is 10.2 Å². The van der Waals surface area contributed by atoms with Gasteiger partial charge in [-0.3, -0.25) is 4.79 Å². The Balaban J connectivity index is 1.53. The third-order valence-corrected chi connectivity index (χ3v) is 5.66. The summed E-state index contributed by atoms with van der Waals surface area (Å²) >= 11 is 0. The quantitative estimate of drug-likeness (QED) is 0.859. The Morgan fingerprint density at radius 1 is 1.20 bits per heavy atom. The summed E-state index contributed by atoms with van der Waals surface area (Å²) in [5.74, 6) is 0.256. The van der Waals surface area contributed by atoms with Gasteiger partial charge in [0, 0.05) is 19.1 Å². The zero-order valence-corrected chi connectivity index (χ0v) is 12.7. The molecule has 0 aromatic rings. The van der Waals surface area contributed by atoms with Crippen LogP contribution in [0.4, 0.5) is 0 Å². The molecule has 3 rings (SSSR count). The lowest BCUT2D eigenvalue weighted by molar-refractivity contribution is -0.138. The first-order valence-electron chi connectivity index (χ1n) is 8.34. The van der Waals surface area contributed by atoms with Crippen molar-refractivity contribution in [3.63, 3.8) is 0 Å². The van der Waals surface area contributed by atoms with Crippen molar-refractivity contribution < 1.29 is 9.53 Å². The van der Waals surface area contributed by atoms with E-state index in [0.717, 1.165) is 13.1 Å². The molecule has 3 fully saturated rings. The molecule has 3 aliphatic rings. The average Bonchev–Trinajstić information content (AvgIpc) is 2.52. The predicted octanol–water partition coefficient (Wildman–Crippen LogP) is 1.94. The molecule has 2 aliphatic carbocycles. The molecule has 1 N–H and O–H groups in total. The van der Waals surface area contributed by atoms with Crippen molar-refractivity contribution in [3.05, 3.63) is 0 Å². The first-order chi connectivity index (χ1) is 9.71. The fraction of sp³-hybridized carbons (Fsp3) is 0.938. The number of carbonyl (C=O) groups is 1. The van der Waals surface area contributed by atoms with Gasteiger partial charge in [0.15, 0.2) is 0 Å². The van der Waals surface area contributed by atoms with Crippen molar-refractivity contribution in [3.8, 4) is 0 Å². The highest BCUT2D eigenvalue weighted by molar-refractivity contribution is 5.81. The minimum atomic E-state index is -0.0443. The molecule has 2 unspecified atom stereocenters. The van der Waals surface area contributed by atoms with Crippen LogP contribution in [0.3, 0.4) is 0 Å². The molecule has 4 nitrogen and oxygen atoms in total. The first kappa shape index (κ1) is 14.3. The number of hydrogen-bond acceptors (Lipinski definition) is 3. The largest absolute Gasteiger partial charge is 0.378 e. The summed E-state index contributed by atoms with van der Waals surface area (Å²) < 4.78 is 5.32. The molecule has 2 saturated carbocycles. The minimum Gasteiger partial charge on any atom is -0.378 e. The van der Waals surface area contributed by atoms with Crippen molar-refractivity contribution in [2.45, 2.75) is 64.0 Å². The highest BCUT2D eigenvalue weighted by atomic mass is 16.5. The van der Waals surface area contributed by atoms with Crippen LogP contribution in [0.25, 0.3) is 0 Å². The molecule has 20 heavy (non-hydrogen) atoms. The van der Waals surface area contributed by atoms with Crippen LogP contribution in [0.5, 0.6) is 0 Å². The normalized spacial score (nSPS) is 30.9. The summed E-state index contributed by atoms with van der Waals surface area (Å²) in [5, 5.41) is 3.64. The maximum Gasteiger partial charge on any atom is 0.239 e. The van der Waals surface area contributed by atoms with E-state index in [1.807, 2.05) is 11.8 Å². The van der Waals surface area contributed by atoms with Crippen molar-refractivity contribution in [1.29, 1.82) is 0 Å². The van der Waals surface area contributed by atoms with Gasteiger partial charge in [-0.05, 0) is 38.0 Å². The van der Waals surface area contributed by atoms with E-state index in [0.29, 0.717) is 24.7 Å². The zero-order chi connectivity index (χ0) is 14.0. The topological polar surface area (TPSA) is 41.6 Å². The maximum atomic E-state index is 12.5. The third-order valence-electron chi connectivity index (χ3n) is 5.66. The van der Waals surface area contributed by atoms with E-state index >= 15 is 0 Å². The number of amides is 1. The SMILES string of the molecule is CC(NC1CCC12CCCCC2)C(=O)N1CCOCC1. The molecular weight excluding hydrogens is 252 g/mol. The lowest BCUT2D eigenvalue weighted by Gasteiger charge is -2.53. The van der Waals surface area contributed by atoms with E-state index < -0.39 is 0 Å². The van der Waals surface area contributed by atoms with Gasteiger partial charge in [0.25, 0.3) is 0 Å². The second-order valence-corrected chi connectivity index (χ2v) is 6.84. The van der Waals surface area contributed by atoms with Gasteiger partial charge in [-0.2, -0.15) is 0 Å². The molecule has 1 heterocycles. The molecule has 2 atom stereocenters. The summed E-state index contributed by atoms with van der Waals surface area (Å²) in [6, 6.07) is 0.528. The average molecular weight is 280 g/mol. The van der Waals surface area contributed by atoms with Crippen molar-refractivity contribution >= 4 is 5.91 Å². The molecule has 0 radical (unpaired) electrons. The third kappa shape index (κ3) is 2.73. The van der Waals surface area contributed by atoms with Crippen molar-refractivity contribution in [2.75, 3.05) is 26.3 Å². The fourth-order valence-corrected chi connectivity index (χ4v) is 4.24. The predicted molar refractivity (Wildman–Crippen MR) is 78.5 cm³/mol. The Bertz CT molecular complexity index is 346. The lowest BCUT2D eigenvalue weighted by Crippen LogP contribution is -2.60. The second-order valence-electron chi connectivity index (χ2n) is 6.84. The second kappa shape index (κ2) is 6.02. The van der Waals surface area contributed by atoms with Crippen LogP contribution in [-0.4, -0.2) is 49.2 Å². The van der Waals surface area contributed by atoms with E-state index in [2.05, 4.69) is 5.32 Å². The summed E-state index contributed by atoms with van der Waals surface area (Å²) in [5.41, 5.74) is 0.526. The molecule has 4 heteroatoms. The lowest BCUT2D eigenvalue weighted by atomic mass is 9.57. The smallest absolute Gasteiger partial charge is 0.239 e. The van der Waals surface area contributed by atoms with E-state index in [4.69, 9.17) is 4.74 Å². The summed E-state index contributed by atoms with van der Waals surface area (Å²) in [4.78, 5) is 14.4. The molecule has 0 aromatic carbocycles. The van der Waals surface area contributed by atoms with E-state index in [1.165, 1.54) is 44.9 Å². The van der Waals surface area contributed by atoms with Crippen LogP contribution in [-0.2, 0) is 9.53 Å². The molecule has 1 saturated heterocycles. The van der Waals surface area contributed by atoms with Gasteiger partial charge in [0.2, 0.25) is 5.91 Å². The highest BCUT2D eigenvalue weighted by Gasteiger charge is 2.47. The summed E-state index contributed by atoms with van der Waals surface area (Å²) in [7, 11) is 0. The van der Waals surface area contributed by atoms with Gasteiger partial charge in [0.05, 0.1) is 19.3 Å². The van der Waals surface area contributed by atoms with Crippen LogP contribution < -0.4 is 5.32 Å². The Morgan fingerprint density at radius 2 is 1.90 bits per heavy atom. The fourth-order valence-electron chi connectivity index (χ4n) is 4.24. The standard InChI is InChI=1S/C16H28N2O2/c1-13(15(19)18-9-11-20-12-10-18)17-14-5-8-16(14)6-3-2-4-7-16/h13-14,17H,2-12H2,1H3. The number of hydrogen-bond donors (Lipinski definition) is 1.